The fraction of sp³-hybridized carbons (Fsp3) is 0.395. The molecule has 314 valence electrons. The smallest absolute Gasteiger partial charge is 0.376 e. The van der Waals surface area contributed by atoms with Crippen molar-refractivity contribution in [3.05, 3.63) is 114 Å². The minimum atomic E-state index is -0.476. The summed E-state index contributed by atoms with van der Waals surface area (Å²) in [5, 5.41) is 14.8. The van der Waals surface area contributed by atoms with E-state index in [1.165, 1.54) is 24.3 Å². The van der Waals surface area contributed by atoms with E-state index in [2.05, 4.69) is 20.5 Å². The van der Waals surface area contributed by atoms with Crippen molar-refractivity contribution in [2.24, 2.45) is 17.8 Å². The number of nitrogens with zero attached hydrogens (tertiary/aromatic N) is 4. The van der Waals surface area contributed by atoms with Gasteiger partial charge >= 0.3 is 7.05 Å². The molecule has 3 aliphatic heterocycles. The quantitative estimate of drug-likeness (QED) is 0.108. The third kappa shape index (κ3) is 13.6. The van der Waals surface area contributed by atoms with Gasteiger partial charge in [0.15, 0.2) is 0 Å². The highest BCUT2D eigenvalue weighted by atomic mass is 19.1. The van der Waals surface area contributed by atoms with Gasteiger partial charge in [-0.15, -0.1) is 0 Å². The number of carbonyl (C=O) groups is 3. The Morgan fingerprint density at radius 1 is 0.695 bits per heavy atom. The van der Waals surface area contributed by atoms with Crippen LogP contribution in [0.3, 0.4) is 0 Å². The van der Waals surface area contributed by atoms with E-state index in [0.717, 1.165) is 38.0 Å². The number of carbonyl (C=O) groups excluding carboxylic acids is 3. The molecule has 0 saturated carbocycles. The first-order valence-electron chi connectivity index (χ1n) is 20.1. The van der Waals surface area contributed by atoms with Crippen molar-refractivity contribution in [2.75, 3.05) is 61.4 Å². The molecule has 16 heteroatoms. The summed E-state index contributed by atoms with van der Waals surface area (Å²) in [6.07, 6.45) is 5.99. The van der Waals surface area contributed by atoms with E-state index in [4.69, 9.17) is 11.5 Å². The van der Waals surface area contributed by atoms with E-state index in [9.17, 15) is 32.6 Å². The maximum Gasteiger partial charge on any atom is 0.376 e. The average Bonchev–Trinajstić information content (AvgIpc) is 3.24. The molecule has 0 bridgehead atoms. The number of nitrogen functional groups attached to an aromatic ring is 2. The summed E-state index contributed by atoms with van der Waals surface area (Å²) in [7, 11) is -0.476. The number of nitrogens with one attached hydrogen (secondary N) is 2. The Balaban J connectivity index is 0.000000205. The van der Waals surface area contributed by atoms with Gasteiger partial charge in [0, 0.05) is 43.6 Å². The predicted octanol–water partition coefficient (Wildman–Crippen LogP) is 5.89. The number of likely N-dealkylation sites (tertiary alicyclic amines) is 2. The van der Waals surface area contributed by atoms with Crippen LogP contribution in [0.1, 0.15) is 44.1 Å². The van der Waals surface area contributed by atoms with Crippen molar-refractivity contribution in [3.8, 4) is 0 Å². The lowest BCUT2D eigenvalue weighted by Gasteiger charge is -2.37. The molecule has 0 unspecified atom stereocenters. The number of rotatable bonds is 8. The van der Waals surface area contributed by atoms with Gasteiger partial charge in [0.25, 0.3) is 0 Å². The molecule has 1 aromatic heterocycles. The first-order chi connectivity index (χ1) is 28.4. The largest absolute Gasteiger partial charge is 0.437 e. The van der Waals surface area contributed by atoms with E-state index in [1.807, 2.05) is 21.8 Å². The zero-order chi connectivity index (χ0) is 42.3. The average molecular weight is 815 g/mol. The Kier molecular flexibility index (Phi) is 16.7. The minimum absolute atomic E-state index is 0.0394. The Morgan fingerprint density at radius 3 is 1.63 bits per heavy atom. The van der Waals surface area contributed by atoms with Crippen LogP contribution in [0.2, 0.25) is 6.82 Å². The Labute approximate surface area is 344 Å². The van der Waals surface area contributed by atoms with Crippen LogP contribution in [0.4, 0.5) is 36.1 Å². The van der Waals surface area contributed by atoms with Gasteiger partial charge in [0.2, 0.25) is 17.7 Å². The third-order valence-corrected chi connectivity index (χ3v) is 11.0. The molecule has 4 heterocycles. The van der Waals surface area contributed by atoms with Crippen LogP contribution in [0.5, 0.6) is 0 Å². The Morgan fingerprint density at radius 2 is 1.17 bits per heavy atom. The third-order valence-electron chi connectivity index (χ3n) is 11.0. The van der Waals surface area contributed by atoms with Crippen molar-refractivity contribution >= 4 is 47.7 Å². The van der Waals surface area contributed by atoms with Gasteiger partial charge in [0.1, 0.15) is 23.3 Å². The summed E-state index contributed by atoms with van der Waals surface area (Å²) in [6.45, 7) is 6.81. The lowest BCUT2D eigenvalue weighted by Crippen LogP contribution is -2.46. The van der Waals surface area contributed by atoms with Gasteiger partial charge in [0.05, 0.1) is 17.1 Å². The van der Waals surface area contributed by atoms with Crippen molar-refractivity contribution in [1.29, 1.82) is 0 Å². The topological polar surface area (TPSA) is 170 Å². The second-order valence-corrected chi connectivity index (χ2v) is 15.1. The van der Waals surface area contributed by atoms with Crippen molar-refractivity contribution in [2.45, 2.75) is 51.9 Å². The highest BCUT2D eigenvalue weighted by molar-refractivity contribution is 6.45. The molecule has 12 nitrogen and oxygen atoms in total. The zero-order valence-electron chi connectivity index (χ0n) is 33.4. The molecule has 0 atom stereocenters. The molecule has 4 aromatic rings. The van der Waals surface area contributed by atoms with Gasteiger partial charge in [-0.3, -0.25) is 19.3 Å². The van der Waals surface area contributed by atoms with Crippen LogP contribution < -0.4 is 22.1 Å². The summed E-state index contributed by atoms with van der Waals surface area (Å²) in [6, 6.07) is 22.3. The summed E-state index contributed by atoms with van der Waals surface area (Å²) >= 11 is 0. The van der Waals surface area contributed by atoms with Gasteiger partial charge in [-0.05, 0) is 126 Å². The molecule has 7 rings (SSSR count). The second-order valence-electron chi connectivity index (χ2n) is 15.1. The summed E-state index contributed by atoms with van der Waals surface area (Å²) < 4.78 is 39.4. The van der Waals surface area contributed by atoms with Crippen LogP contribution in [0.25, 0.3) is 0 Å². The number of hydrogen-bond donors (Lipinski definition) is 5. The predicted molar refractivity (Wildman–Crippen MR) is 225 cm³/mol. The number of piperidine rings is 3. The monoisotopic (exact) mass is 814 g/mol. The lowest BCUT2D eigenvalue weighted by molar-refractivity contribution is -0.139. The number of hydrogen-bond acceptors (Lipinski definition) is 9. The van der Waals surface area contributed by atoms with Crippen molar-refractivity contribution in [3.63, 3.8) is 0 Å². The van der Waals surface area contributed by atoms with Gasteiger partial charge in [-0.2, -0.15) is 0 Å². The molecular formula is C43H54BF3N8O4. The number of nitrogens with two attached hydrogens (primary N) is 2. The van der Waals surface area contributed by atoms with Crippen molar-refractivity contribution in [1.82, 2.24) is 19.6 Å². The molecule has 3 aliphatic rings. The fourth-order valence-corrected chi connectivity index (χ4v) is 7.41. The van der Waals surface area contributed by atoms with Gasteiger partial charge in [-0.1, -0.05) is 36.4 Å². The summed E-state index contributed by atoms with van der Waals surface area (Å²) in [5.74, 6) is -1.08. The number of pyridine rings is 1. The Hall–Kier alpha value is -5.45. The molecule has 3 amide bonds. The number of amides is 3. The number of anilines is 4. The van der Waals surface area contributed by atoms with Crippen LogP contribution in [-0.4, -0.2) is 88.7 Å². The number of benzene rings is 3. The number of halogens is 3. The van der Waals surface area contributed by atoms with Crippen LogP contribution in [0, 0.1) is 35.2 Å². The van der Waals surface area contributed by atoms with Crippen molar-refractivity contribution < 1.29 is 32.6 Å². The summed E-state index contributed by atoms with van der Waals surface area (Å²) in [5.41, 5.74) is 12.7. The van der Waals surface area contributed by atoms with Crippen LogP contribution in [0.15, 0.2) is 91.1 Å². The molecule has 0 radical (unpaired) electrons. The molecule has 0 spiro atoms. The minimum Gasteiger partial charge on any atom is -0.437 e. The SMILES string of the molecule is CB(O)N1CCC(C(=O)Nc2ccccc2F)CC1.Nc1cc(CN2CCC(C(=O)N3CCC(C(=O)Nc4ccccc4F)CC3)CC2)ccn1.Nc1ccccc1F. The molecule has 3 fully saturated rings. The van der Waals surface area contributed by atoms with Crippen LogP contribution >= 0.6 is 0 Å². The highest BCUT2D eigenvalue weighted by Crippen LogP contribution is 2.26. The van der Waals surface area contributed by atoms with Gasteiger partial charge in [-0.25, -0.2) is 18.2 Å². The molecule has 0 aliphatic carbocycles. The number of aromatic nitrogens is 1. The van der Waals surface area contributed by atoms with E-state index < -0.39 is 18.7 Å². The number of para-hydroxylation sites is 3. The first-order valence-corrected chi connectivity index (χ1v) is 20.1. The lowest BCUT2D eigenvalue weighted by atomic mass is 9.81. The van der Waals surface area contributed by atoms with E-state index in [0.29, 0.717) is 57.7 Å². The Bertz CT molecular complexity index is 1970. The zero-order valence-corrected chi connectivity index (χ0v) is 33.4. The molecule has 3 saturated heterocycles. The molecule has 7 N–H and O–H groups in total. The maximum absolute atomic E-state index is 13.8. The van der Waals surface area contributed by atoms with E-state index >= 15 is 0 Å². The van der Waals surface area contributed by atoms with Gasteiger partial charge < -0.3 is 36.8 Å². The first kappa shape index (κ1) is 44.7. The maximum atomic E-state index is 13.8. The molecule has 59 heavy (non-hydrogen) atoms. The van der Waals surface area contributed by atoms with E-state index in [1.54, 1.807) is 61.6 Å². The molecule has 3 aromatic carbocycles. The van der Waals surface area contributed by atoms with Crippen LogP contribution in [-0.2, 0) is 20.9 Å². The van der Waals surface area contributed by atoms with E-state index in [-0.39, 0.29) is 58.4 Å². The normalized spacial score (nSPS) is 16.8. The fourth-order valence-electron chi connectivity index (χ4n) is 7.41. The standard InChI is InChI=1S/C24H30FN5O2.C13H18BFN2O2.C6H6FN/c25-20-3-1-2-4-21(20)28-23(31)18-8-13-30(14-9-18)24(32)19-6-11-29(12-7-19)16-17-5-10-27-22(26)15-17;1-14(19)17-8-6-10(7-9-17)13(18)16-12-5-3-2-4-11(12)15;7-5-3-1-2-4-6(5)8/h1-5,10,15,18-19H,6-9,11-14,16H2,(H2,26,27)(H,28,31);2-5,10,19H,6-9H2,1H3,(H,16,18);1-4H,8H2. The highest BCUT2D eigenvalue weighted by Gasteiger charge is 2.33. The molecular weight excluding hydrogens is 760 g/mol. The second kappa shape index (κ2) is 22.1. The summed E-state index contributed by atoms with van der Waals surface area (Å²) in [4.78, 5) is 47.7.